The van der Waals surface area contributed by atoms with E-state index in [0.29, 0.717) is 0 Å². The van der Waals surface area contributed by atoms with Crippen molar-refractivity contribution in [3.63, 3.8) is 0 Å². The molecule has 0 aliphatic carbocycles. The average molecular weight is 367 g/mol. The van der Waals surface area contributed by atoms with Crippen LogP contribution in [0.3, 0.4) is 0 Å². The Balaban J connectivity index is 1.70. The number of benzene rings is 2. The van der Waals surface area contributed by atoms with Crippen molar-refractivity contribution >= 4 is 37.6 Å². The molecule has 0 saturated heterocycles. The van der Waals surface area contributed by atoms with E-state index in [1.54, 1.807) is 17.5 Å². The van der Waals surface area contributed by atoms with Gasteiger partial charge in [-0.2, -0.15) is 0 Å². The van der Waals surface area contributed by atoms with Crippen molar-refractivity contribution in [1.29, 1.82) is 0 Å². The Labute approximate surface area is 140 Å². The van der Waals surface area contributed by atoms with Gasteiger partial charge in [-0.05, 0) is 35.4 Å². The summed E-state index contributed by atoms with van der Waals surface area (Å²) >= 11 is 5.09. The molecule has 0 saturated carbocycles. The predicted octanol–water partition coefficient (Wildman–Crippen LogP) is 5.79. The third-order valence-electron chi connectivity index (χ3n) is 3.48. The fourth-order valence-electron chi connectivity index (χ4n) is 2.34. The molecule has 2 aromatic carbocycles. The van der Waals surface area contributed by atoms with Gasteiger partial charge in [0.1, 0.15) is 15.4 Å². The summed E-state index contributed by atoms with van der Waals surface area (Å²) in [6.07, 6.45) is 1.81. The molecule has 22 heavy (non-hydrogen) atoms. The van der Waals surface area contributed by atoms with Crippen LogP contribution in [0.4, 0.5) is 0 Å². The van der Waals surface area contributed by atoms with Crippen molar-refractivity contribution in [2.45, 2.75) is 0 Å². The summed E-state index contributed by atoms with van der Waals surface area (Å²) in [5.41, 5.74) is 4.50. The average Bonchev–Trinajstić information content (AvgIpc) is 3.00. The molecule has 4 rings (SSSR count). The Hall–Kier alpha value is -2.04. The molecule has 4 heteroatoms. The number of hydrogen-bond donors (Lipinski definition) is 0. The van der Waals surface area contributed by atoms with Gasteiger partial charge in [0.15, 0.2) is 0 Å². The van der Waals surface area contributed by atoms with Crippen LogP contribution in [0.1, 0.15) is 0 Å². The number of halogens is 1. The third kappa shape index (κ3) is 2.56. The number of thiazole rings is 1. The second-order valence-corrected chi connectivity index (χ2v) is 6.82. The molecule has 2 aromatic heterocycles. The molecule has 2 nitrogen and oxygen atoms in total. The Morgan fingerprint density at radius 3 is 2.09 bits per heavy atom. The summed E-state index contributed by atoms with van der Waals surface area (Å²) in [4.78, 5) is 9.98. The van der Waals surface area contributed by atoms with Gasteiger partial charge in [-0.3, -0.25) is 0 Å². The Morgan fingerprint density at radius 1 is 0.773 bits per heavy atom. The minimum atomic E-state index is 0.958. The maximum absolute atomic E-state index is 4.65. The molecule has 4 aromatic rings. The van der Waals surface area contributed by atoms with E-state index in [-0.39, 0.29) is 0 Å². The maximum atomic E-state index is 4.65. The summed E-state index contributed by atoms with van der Waals surface area (Å²) < 4.78 is 1.09. The zero-order valence-electron chi connectivity index (χ0n) is 11.5. The van der Waals surface area contributed by atoms with E-state index in [9.17, 15) is 0 Å². The highest BCUT2D eigenvalue weighted by Crippen LogP contribution is 2.30. The van der Waals surface area contributed by atoms with Crippen molar-refractivity contribution in [2.75, 3.05) is 0 Å². The molecule has 0 amide bonds. The van der Waals surface area contributed by atoms with Gasteiger partial charge < -0.3 is 0 Å². The summed E-state index contributed by atoms with van der Waals surface area (Å²) in [7, 11) is 0. The third-order valence-corrected chi connectivity index (χ3v) is 5.03. The zero-order chi connectivity index (χ0) is 14.9. The van der Waals surface area contributed by atoms with Gasteiger partial charge in [0.25, 0.3) is 0 Å². The Morgan fingerprint density at radius 2 is 1.41 bits per heavy atom. The lowest BCUT2D eigenvalue weighted by Gasteiger charge is -2.03. The molecule has 0 bridgehead atoms. The van der Waals surface area contributed by atoms with Crippen LogP contribution in [0, 0.1) is 0 Å². The summed E-state index contributed by atoms with van der Waals surface area (Å²) in [6.45, 7) is 0. The van der Waals surface area contributed by atoms with Crippen LogP contribution in [-0.4, -0.2) is 9.97 Å². The monoisotopic (exact) mass is 366 g/mol. The van der Waals surface area contributed by atoms with Gasteiger partial charge in [0, 0.05) is 16.2 Å². The van der Waals surface area contributed by atoms with Crippen molar-refractivity contribution in [1.82, 2.24) is 9.97 Å². The molecule has 0 aliphatic heterocycles. The zero-order valence-corrected chi connectivity index (χ0v) is 13.9. The minimum Gasteiger partial charge on any atom is -0.244 e. The van der Waals surface area contributed by atoms with Crippen LogP contribution in [-0.2, 0) is 0 Å². The first-order chi connectivity index (χ1) is 10.8. The van der Waals surface area contributed by atoms with Gasteiger partial charge in [0.2, 0.25) is 0 Å². The topological polar surface area (TPSA) is 25.8 Å². The van der Waals surface area contributed by atoms with Crippen LogP contribution < -0.4 is 0 Å². The van der Waals surface area contributed by atoms with Crippen LogP contribution in [0.25, 0.3) is 32.0 Å². The molecule has 0 N–H and O–H groups in total. The second-order valence-electron chi connectivity index (χ2n) is 4.93. The predicted molar refractivity (Wildman–Crippen MR) is 96.0 cm³/mol. The molecule has 0 atom stereocenters. The number of fused-ring (bicyclic) bond motifs is 1. The maximum Gasteiger partial charge on any atom is 0.143 e. The Bertz CT molecular complexity index is 894. The van der Waals surface area contributed by atoms with E-state index in [1.807, 2.05) is 12.1 Å². The highest BCUT2D eigenvalue weighted by Gasteiger charge is 2.07. The fraction of sp³-hybridized carbons (Fsp3) is 0. The van der Waals surface area contributed by atoms with Gasteiger partial charge in [-0.25, -0.2) is 9.97 Å². The van der Waals surface area contributed by atoms with Gasteiger partial charge in [-0.15, -0.1) is 0 Å². The quantitative estimate of drug-likeness (QED) is 0.448. The molecule has 0 unspecified atom stereocenters. The summed E-state index contributed by atoms with van der Waals surface area (Å²) in [5, 5.41) is 1.01. The summed E-state index contributed by atoms with van der Waals surface area (Å²) in [6, 6.07) is 20.8. The largest absolute Gasteiger partial charge is 0.244 e. The first-order valence-corrected chi connectivity index (χ1v) is 8.48. The second kappa shape index (κ2) is 5.63. The van der Waals surface area contributed by atoms with E-state index in [0.717, 1.165) is 25.4 Å². The number of hydrogen-bond acceptors (Lipinski definition) is 3. The van der Waals surface area contributed by atoms with Crippen molar-refractivity contribution in [3.05, 3.63) is 71.3 Å². The number of pyridine rings is 1. The van der Waals surface area contributed by atoms with E-state index >= 15 is 0 Å². The molecule has 0 fully saturated rings. The molecule has 0 aliphatic rings. The van der Waals surface area contributed by atoms with Crippen LogP contribution in [0.15, 0.2) is 71.3 Å². The van der Waals surface area contributed by atoms with Crippen LogP contribution >= 0.6 is 27.3 Å². The van der Waals surface area contributed by atoms with Crippen LogP contribution in [0.5, 0.6) is 0 Å². The van der Waals surface area contributed by atoms with E-state index < -0.39 is 0 Å². The fourth-order valence-corrected chi connectivity index (χ4v) is 3.52. The SMILES string of the molecule is Brc1ccc(-c2ccc(-c3nc4cccnc4s3)cc2)cc1. The molecule has 0 spiro atoms. The number of nitrogens with zero attached hydrogens (tertiary/aromatic N) is 2. The Kier molecular flexibility index (Phi) is 3.48. The molecule has 2 heterocycles. The molecule has 0 radical (unpaired) electrons. The van der Waals surface area contributed by atoms with Crippen molar-refractivity contribution in [3.8, 4) is 21.7 Å². The van der Waals surface area contributed by atoms with Crippen molar-refractivity contribution in [2.24, 2.45) is 0 Å². The highest BCUT2D eigenvalue weighted by molar-refractivity contribution is 9.10. The molecule has 106 valence electrons. The smallest absolute Gasteiger partial charge is 0.143 e. The lowest BCUT2D eigenvalue weighted by molar-refractivity contribution is 1.41. The lowest BCUT2D eigenvalue weighted by Crippen LogP contribution is -1.79. The van der Waals surface area contributed by atoms with Gasteiger partial charge >= 0.3 is 0 Å². The normalized spacial score (nSPS) is 11.0. The first kappa shape index (κ1) is 13.6. The summed E-state index contributed by atoms with van der Waals surface area (Å²) in [5.74, 6) is 0. The van der Waals surface area contributed by atoms with Gasteiger partial charge in [0.05, 0.1) is 0 Å². The van der Waals surface area contributed by atoms with Crippen molar-refractivity contribution < 1.29 is 0 Å². The minimum absolute atomic E-state index is 0.958. The lowest BCUT2D eigenvalue weighted by atomic mass is 10.0. The van der Waals surface area contributed by atoms with E-state index in [4.69, 9.17) is 0 Å². The number of rotatable bonds is 2. The standard InChI is InChI=1S/C18H11BrN2S/c19-15-9-7-13(8-10-15)12-3-5-14(6-4-12)17-21-16-2-1-11-20-18(16)22-17/h1-11H. The highest BCUT2D eigenvalue weighted by atomic mass is 79.9. The van der Waals surface area contributed by atoms with Gasteiger partial charge in [-0.1, -0.05) is 63.7 Å². The molecular weight excluding hydrogens is 356 g/mol. The first-order valence-electron chi connectivity index (χ1n) is 6.87. The number of aromatic nitrogens is 2. The van der Waals surface area contributed by atoms with E-state index in [1.165, 1.54) is 11.1 Å². The molecular formula is C18H11BrN2S. The van der Waals surface area contributed by atoms with E-state index in [2.05, 4.69) is 74.4 Å². The van der Waals surface area contributed by atoms with Crippen LogP contribution in [0.2, 0.25) is 0 Å².